The van der Waals surface area contributed by atoms with Gasteiger partial charge in [0.1, 0.15) is 19.0 Å². The van der Waals surface area contributed by atoms with Crippen molar-refractivity contribution in [1.29, 1.82) is 0 Å². The first-order valence-corrected chi connectivity index (χ1v) is 5.02. The largest absolute Gasteiger partial charge is 0.490 e. The Labute approximate surface area is 95.1 Å². The number of Topliss-reactive ketones (excluding diaryl/α,β-unsaturated/α-hetero) is 1. The molecule has 1 aromatic rings. The summed E-state index contributed by atoms with van der Waals surface area (Å²) in [6.07, 6.45) is 0. The molecule has 0 atom stereocenters. The van der Waals surface area contributed by atoms with E-state index in [0.29, 0.717) is 24.5 Å². The second-order valence-corrected chi connectivity index (χ2v) is 3.19. The van der Waals surface area contributed by atoms with E-state index in [4.69, 9.17) is 14.2 Å². The number of benzene rings is 1. The molecular formula is C12H16O4. The van der Waals surface area contributed by atoms with Crippen molar-refractivity contribution in [3.05, 3.63) is 29.8 Å². The Hall–Kier alpha value is -1.39. The van der Waals surface area contributed by atoms with E-state index in [1.54, 1.807) is 25.3 Å². The fourth-order valence-electron chi connectivity index (χ4n) is 1.27. The maximum absolute atomic E-state index is 11.7. The molecule has 0 aliphatic heterocycles. The van der Waals surface area contributed by atoms with Gasteiger partial charge in [-0.1, -0.05) is 12.1 Å². The van der Waals surface area contributed by atoms with Crippen molar-refractivity contribution in [3.8, 4) is 5.75 Å². The first-order valence-electron chi connectivity index (χ1n) is 5.02. The zero-order valence-electron chi connectivity index (χ0n) is 9.56. The molecule has 0 aliphatic carbocycles. The molecule has 0 spiro atoms. The molecule has 0 heterocycles. The van der Waals surface area contributed by atoms with Crippen molar-refractivity contribution in [2.45, 2.75) is 0 Å². The molecule has 4 nitrogen and oxygen atoms in total. The maximum Gasteiger partial charge on any atom is 0.192 e. The lowest BCUT2D eigenvalue weighted by atomic mass is 10.1. The summed E-state index contributed by atoms with van der Waals surface area (Å²) in [6.45, 7) is 0.977. The highest BCUT2D eigenvalue weighted by Crippen LogP contribution is 2.18. The normalized spacial score (nSPS) is 10.1. The van der Waals surface area contributed by atoms with Crippen LogP contribution in [0.15, 0.2) is 24.3 Å². The molecule has 0 N–H and O–H groups in total. The molecule has 16 heavy (non-hydrogen) atoms. The Bertz CT molecular complexity index is 336. The third kappa shape index (κ3) is 3.64. The van der Waals surface area contributed by atoms with E-state index in [2.05, 4.69) is 0 Å². The molecule has 0 aliphatic rings. The molecule has 1 rings (SSSR count). The first kappa shape index (κ1) is 12.7. The van der Waals surface area contributed by atoms with Gasteiger partial charge in [-0.25, -0.2) is 0 Å². The molecule has 0 bridgehead atoms. The van der Waals surface area contributed by atoms with Crippen LogP contribution in [0.1, 0.15) is 10.4 Å². The van der Waals surface area contributed by atoms with Gasteiger partial charge in [0.15, 0.2) is 5.78 Å². The van der Waals surface area contributed by atoms with Gasteiger partial charge >= 0.3 is 0 Å². The SMILES string of the molecule is COCCOc1ccccc1C(=O)COC. The second kappa shape index (κ2) is 6.98. The van der Waals surface area contributed by atoms with Gasteiger partial charge < -0.3 is 14.2 Å². The average Bonchev–Trinajstić information content (AvgIpc) is 2.30. The number of hydrogen-bond acceptors (Lipinski definition) is 4. The summed E-state index contributed by atoms with van der Waals surface area (Å²) in [5, 5.41) is 0. The molecule has 0 fully saturated rings. The lowest BCUT2D eigenvalue weighted by Crippen LogP contribution is -2.11. The van der Waals surface area contributed by atoms with Crippen molar-refractivity contribution in [1.82, 2.24) is 0 Å². The van der Waals surface area contributed by atoms with Crippen LogP contribution in [0, 0.1) is 0 Å². The van der Waals surface area contributed by atoms with Crippen molar-refractivity contribution >= 4 is 5.78 Å². The van der Waals surface area contributed by atoms with E-state index in [1.807, 2.05) is 6.07 Å². The van der Waals surface area contributed by atoms with E-state index in [9.17, 15) is 4.79 Å². The van der Waals surface area contributed by atoms with Crippen molar-refractivity contribution in [2.75, 3.05) is 34.0 Å². The van der Waals surface area contributed by atoms with Crippen LogP contribution in [-0.2, 0) is 9.47 Å². The number of carbonyl (C=O) groups is 1. The van der Waals surface area contributed by atoms with Gasteiger partial charge in [-0.15, -0.1) is 0 Å². The number of carbonyl (C=O) groups excluding carboxylic acids is 1. The van der Waals surface area contributed by atoms with Gasteiger partial charge in [0.25, 0.3) is 0 Å². The fraction of sp³-hybridized carbons (Fsp3) is 0.417. The van der Waals surface area contributed by atoms with E-state index in [-0.39, 0.29) is 12.4 Å². The molecule has 0 saturated heterocycles. The lowest BCUT2D eigenvalue weighted by molar-refractivity contribution is 0.0841. The van der Waals surface area contributed by atoms with Crippen molar-refractivity contribution in [2.24, 2.45) is 0 Å². The Kier molecular flexibility index (Phi) is 5.53. The molecule has 88 valence electrons. The van der Waals surface area contributed by atoms with E-state index in [1.165, 1.54) is 7.11 Å². The number of para-hydroxylation sites is 1. The third-order valence-corrected chi connectivity index (χ3v) is 2.01. The minimum absolute atomic E-state index is 0.0602. The topological polar surface area (TPSA) is 44.8 Å². The van der Waals surface area contributed by atoms with Crippen molar-refractivity contribution < 1.29 is 19.0 Å². The zero-order valence-corrected chi connectivity index (χ0v) is 9.56. The summed E-state index contributed by atoms with van der Waals surface area (Å²) in [4.78, 5) is 11.7. The fourth-order valence-corrected chi connectivity index (χ4v) is 1.27. The summed E-state index contributed by atoms with van der Waals surface area (Å²) in [5.41, 5.74) is 0.542. The predicted molar refractivity (Wildman–Crippen MR) is 60.0 cm³/mol. The lowest BCUT2D eigenvalue weighted by Gasteiger charge is -2.09. The molecule has 4 heteroatoms. The average molecular weight is 224 g/mol. The molecule has 0 aromatic heterocycles. The van der Waals surface area contributed by atoms with Crippen LogP contribution in [0.2, 0.25) is 0 Å². The van der Waals surface area contributed by atoms with Crippen LogP contribution < -0.4 is 4.74 Å². The predicted octanol–water partition coefficient (Wildman–Crippen LogP) is 1.54. The van der Waals surface area contributed by atoms with Crippen LogP contribution in [0.4, 0.5) is 0 Å². The summed E-state index contributed by atoms with van der Waals surface area (Å²) in [7, 11) is 3.09. The Balaban J connectivity index is 2.71. The Morgan fingerprint density at radius 2 is 1.88 bits per heavy atom. The van der Waals surface area contributed by atoms with Gasteiger partial charge in [-0.2, -0.15) is 0 Å². The molecule has 0 radical (unpaired) electrons. The van der Waals surface area contributed by atoms with E-state index < -0.39 is 0 Å². The number of ether oxygens (including phenoxy) is 3. The molecule has 1 aromatic carbocycles. The third-order valence-electron chi connectivity index (χ3n) is 2.01. The van der Waals surface area contributed by atoms with Crippen LogP contribution >= 0.6 is 0 Å². The minimum Gasteiger partial charge on any atom is -0.490 e. The van der Waals surface area contributed by atoms with Gasteiger partial charge in [0, 0.05) is 14.2 Å². The number of rotatable bonds is 7. The van der Waals surface area contributed by atoms with Gasteiger partial charge in [-0.05, 0) is 12.1 Å². The molecule has 0 unspecified atom stereocenters. The highest BCUT2D eigenvalue weighted by molar-refractivity contribution is 5.99. The Morgan fingerprint density at radius 3 is 2.56 bits per heavy atom. The van der Waals surface area contributed by atoms with Crippen molar-refractivity contribution in [3.63, 3.8) is 0 Å². The highest BCUT2D eigenvalue weighted by atomic mass is 16.5. The van der Waals surface area contributed by atoms with Gasteiger partial charge in [0.05, 0.1) is 12.2 Å². The van der Waals surface area contributed by atoms with Crippen LogP contribution in [0.25, 0.3) is 0 Å². The number of methoxy groups -OCH3 is 2. The summed E-state index contributed by atoms with van der Waals surface area (Å²) in [6, 6.07) is 7.11. The van der Waals surface area contributed by atoms with E-state index >= 15 is 0 Å². The zero-order chi connectivity index (χ0) is 11.8. The standard InChI is InChI=1S/C12H16O4/c1-14-7-8-16-12-6-4-3-5-10(12)11(13)9-15-2/h3-6H,7-9H2,1-2H3. The molecule has 0 amide bonds. The van der Waals surface area contributed by atoms with Crippen LogP contribution in [0.5, 0.6) is 5.75 Å². The maximum atomic E-state index is 11.7. The monoisotopic (exact) mass is 224 g/mol. The highest BCUT2D eigenvalue weighted by Gasteiger charge is 2.11. The summed E-state index contributed by atoms with van der Waals surface area (Å²) >= 11 is 0. The smallest absolute Gasteiger partial charge is 0.192 e. The Morgan fingerprint density at radius 1 is 1.12 bits per heavy atom. The molecule has 0 saturated carbocycles. The van der Waals surface area contributed by atoms with Crippen LogP contribution in [-0.4, -0.2) is 39.8 Å². The van der Waals surface area contributed by atoms with E-state index in [0.717, 1.165) is 0 Å². The second-order valence-electron chi connectivity index (χ2n) is 3.19. The summed E-state index contributed by atoms with van der Waals surface area (Å²) in [5.74, 6) is 0.483. The van der Waals surface area contributed by atoms with Gasteiger partial charge in [0.2, 0.25) is 0 Å². The number of hydrogen-bond donors (Lipinski definition) is 0. The number of ketones is 1. The first-order chi connectivity index (χ1) is 7.79. The van der Waals surface area contributed by atoms with Gasteiger partial charge in [-0.3, -0.25) is 4.79 Å². The molecular weight excluding hydrogens is 208 g/mol. The summed E-state index contributed by atoms with van der Waals surface area (Å²) < 4.78 is 15.1. The minimum atomic E-state index is -0.0875. The quantitative estimate of drug-likeness (QED) is 0.520. The van der Waals surface area contributed by atoms with Crippen LogP contribution in [0.3, 0.4) is 0 Å².